The lowest BCUT2D eigenvalue weighted by atomic mass is 10.1. The van der Waals surface area contributed by atoms with Gasteiger partial charge in [0.15, 0.2) is 5.78 Å². The Morgan fingerprint density at radius 3 is 2.53 bits per heavy atom. The van der Waals surface area contributed by atoms with Gasteiger partial charge < -0.3 is 5.73 Å². The third-order valence-electron chi connectivity index (χ3n) is 2.16. The molecule has 2 aromatic rings. The van der Waals surface area contributed by atoms with Crippen LogP contribution in [0.3, 0.4) is 0 Å². The largest absolute Gasteiger partial charge is 0.396 e. The number of ketones is 1. The molecule has 0 saturated heterocycles. The second kappa shape index (κ2) is 4.64. The third-order valence-corrected chi connectivity index (χ3v) is 3.65. The van der Waals surface area contributed by atoms with Crippen molar-refractivity contribution < 1.29 is 9.18 Å². The van der Waals surface area contributed by atoms with Gasteiger partial charge in [0.2, 0.25) is 0 Å². The summed E-state index contributed by atoms with van der Waals surface area (Å²) in [7, 11) is 0. The van der Waals surface area contributed by atoms with Crippen LogP contribution in [0.4, 0.5) is 10.1 Å². The zero-order valence-electron chi connectivity index (χ0n) is 8.34. The van der Waals surface area contributed by atoms with E-state index in [4.69, 9.17) is 28.9 Å². The second-order valence-corrected chi connectivity index (χ2v) is 5.59. The number of rotatable bonds is 2. The van der Waals surface area contributed by atoms with Crippen molar-refractivity contribution >= 4 is 46.0 Å². The molecule has 2 rings (SSSR count). The molecular formula is C11H6Cl2FNOS. The molecule has 0 atom stereocenters. The van der Waals surface area contributed by atoms with Crippen LogP contribution in [0.2, 0.25) is 8.67 Å². The maximum absolute atomic E-state index is 13.0. The van der Waals surface area contributed by atoms with Crippen LogP contribution >= 0.6 is 34.5 Å². The summed E-state index contributed by atoms with van der Waals surface area (Å²) in [6.45, 7) is 0. The zero-order valence-corrected chi connectivity index (χ0v) is 10.7. The van der Waals surface area contributed by atoms with E-state index in [0.717, 1.165) is 17.4 Å². The van der Waals surface area contributed by atoms with Gasteiger partial charge in [0.25, 0.3) is 0 Å². The molecular weight excluding hydrogens is 284 g/mol. The predicted octanol–water partition coefficient (Wildman–Crippen LogP) is 4.01. The molecule has 2 N–H and O–H groups in total. The Morgan fingerprint density at radius 1 is 1.29 bits per heavy atom. The number of nitrogens with two attached hydrogens (primary N) is 1. The molecule has 0 saturated carbocycles. The summed E-state index contributed by atoms with van der Waals surface area (Å²) < 4.78 is 13.7. The minimum atomic E-state index is -0.559. The molecule has 1 heterocycles. The molecule has 0 spiro atoms. The molecule has 17 heavy (non-hydrogen) atoms. The average molecular weight is 290 g/mol. The first-order chi connectivity index (χ1) is 7.99. The fourth-order valence-electron chi connectivity index (χ4n) is 1.34. The Hall–Kier alpha value is -1.10. The molecule has 2 nitrogen and oxygen atoms in total. The monoisotopic (exact) mass is 289 g/mol. The van der Waals surface area contributed by atoms with Gasteiger partial charge in [0.1, 0.15) is 10.2 Å². The highest BCUT2D eigenvalue weighted by Gasteiger charge is 2.16. The van der Waals surface area contributed by atoms with Crippen molar-refractivity contribution in [3.8, 4) is 0 Å². The molecule has 0 radical (unpaired) electrons. The van der Waals surface area contributed by atoms with E-state index < -0.39 is 5.82 Å². The summed E-state index contributed by atoms with van der Waals surface area (Å²) in [5, 5.41) is 0. The van der Waals surface area contributed by atoms with Gasteiger partial charge in [-0.2, -0.15) is 0 Å². The Balaban J connectivity index is 2.44. The van der Waals surface area contributed by atoms with E-state index in [1.165, 1.54) is 18.2 Å². The fourth-order valence-corrected chi connectivity index (χ4v) is 2.79. The van der Waals surface area contributed by atoms with Crippen LogP contribution in [0, 0.1) is 5.82 Å². The van der Waals surface area contributed by atoms with Gasteiger partial charge in [-0.3, -0.25) is 4.79 Å². The summed E-state index contributed by atoms with van der Waals surface area (Å²) in [6.07, 6.45) is 0. The highest BCUT2D eigenvalue weighted by Crippen LogP contribution is 2.32. The topological polar surface area (TPSA) is 43.1 Å². The molecule has 0 amide bonds. The molecule has 0 bridgehead atoms. The Kier molecular flexibility index (Phi) is 3.38. The molecule has 1 aromatic heterocycles. The van der Waals surface area contributed by atoms with E-state index in [0.29, 0.717) is 14.2 Å². The molecule has 0 aliphatic carbocycles. The molecule has 1 aromatic carbocycles. The highest BCUT2D eigenvalue weighted by atomic mass is 35.5. The first-order valence-corrected chi connectivity index (χ1v) is 6.11. The molecule has 0 aliphatic rings. The van der Waals surface area contributed by atoms with Gasteiger partial charge in [0, 0.05) is 5.56 Å². The van der Waals surface area contributed by atoms with Crippen LogP contribution in [0.1, 0.15) is 15.9 Å². The lowest BCUT2D eigenvalue weighted by molar-refractivity contribution is 0.103. The minimum absolute atomic E-state index is 0.0756. The second-order valence-electron chi connectivity index (χ2n) is 3.30. The molecule has 0 fully saturated rings. The summed E-state index contributed by atoms with van der Waals surface area (Å²) in [5.74, 6) is -0.888. The number of carbonyl (C=O) groups is 1. The summed E-state index contributed by atoms with van der Waals surface area (Å²) >= 11 is 12.7. The van der Waals surface area contributed by atoms with Crippen molar-refractivity contribution in [2.45, 2.75) is 0 Å². The Morgan fingerprint density at radius 2 is 2.00 bits per heavy atom. The van der Waals surface area contributed by atoms with Gasteiger partial charge in [-0.05, 0) is 24.3 Å². The predicted molar refractivity (Wildman–Crippen MR) is 68.6 cm³/mol. The SMILES string of the molecule is Nc1cc(C(=O)c2cc(Cl)sc2Cl)ccc1F. The number of benzene rings is 1. The van der Waals surface area contributed by atoms with Crippen molar-refractivity contribution in [2.24, 2.45) is 0 Å². The number of halogens is 3. The standard InChI is InChI=1S/C11H6Cl2FNOS/c12-9-4-6(11(13)17-9)10(16)5-1-2-7(14)8(15)3-5/h1-4H,15H2. The number of thiophene rings is 1. The van der Waals surface area contributed by atoms with Crippen molar-refractivity contribution in [3.05, 3.63) is 49.9 Å². The number of nitrogen functional groups attached to an aromatic ring is 1. The maximum atomic E-state index is 13.0. The zero-order chi connectivity index (χ0) is 12.6. The van der Waals surface area contributed by atoms with Crippen LogP contribution in [-0.2, 0) is 0 Å². The lowest BCUT2D eigenvalue weighted by Crippen LogP contribution is -2.02. The summed E-state index contributed by atoms with van der Waals surface area (Å²) in [6, 6.07) is 5.26. The van der Waals surface area contributed by atoms with Crippen LogP contribution < -0.4 is 5.73 Å². The van der Waals surface area contributed by atoms with Crippen LogP contribution in [0.25, 0.3) is 0 Å². The number of hydrogen-bond acceptors (Lipinski definition) is 3. The van der Waals surface area contributed by atoms with Gasteiger partial charge in [-0.25, -0.2) is 4.39 Å². The van der Waals surface area contributed by atoms with E-state index in [9.17, 15) is 9.18 Å². The normalized spacial score (nSPS) is 10.5. The van der Waals surface area contributed by atoms with E-state index in [1.54, 1.807) is 0 Å². The Labute approximate surface area is 111 Å². The highest BCUT2D eigenvalue weighted by molar-refractivity contribution is 7.20. The van der Waals surface area contributed by atoms with Crippen molar-refractivity contribution in [1.29, 1.82) is 0 Å². The fraction of sp³-hybridized carbons (Fsp3) is 0. The average Bonchev–Trinajstić information content (AvgIpc) is 2.61. The quantitative estimate of drug-likeness (QED) is 0.671. The van der Waals surface area contributed by atoms with Crippen molar-refractivity contribution in [3.63, 3.8) is 0 Å². The molecule has 6 heteroatoms. The number of hydrogen-bond donors (Lipinski definition) is 1. The van der Waals surface area contributed by atoms with Crippen LogP contribution in [0.5, 0.6) is 0 Å². The first kappa shape index (κ1) is 12.4. The van der Waals surface area contributed by atoms with Gasteiger partial charge in [-0.15, -0.1) is 11.3 Å². The number of anilines is 1. The summed E-state index contributed by atoms with van der Waals surface area (Å²) in [4.78, 5) is 12.0. The lowest BCUT2D eigenvalue weighted by Gasteiger charge is -2.01. The van der Waals surface area contributed by atoms with Gasteiger partial charge in [0.05, 0.1) is 15.6 Å². The van der Waals surface area contributed by atoms with Gasteiger partial charge >= 0.3 is 0 Å². The molecule has 88 valence electrons. The number of carbonyl (C=O) groups excluding carboxylic acids is 1. The van der Waals surface area contributed by atoms with Crippen LogP contribution in [0.15, 0.2) is 24.3 Å². The van der Waals surface area contributed by atoms with E-state index >= 15 is 0 Å². The third kappa shape index (κ3) is 2.44. The van der Waals surface area contributed by atoms with Crippen LogP contribution in [-0.4, -0.2) is 5.78 Å². The smallest absolute Gasteiger partial charge is 0.195 e. The Bertz CT molecular complexity index is 597. The van der Waals surface area contributed by atoms with E-state index in [2.05, 4.69) is 0 Å². The van der Waals surface area contributed by atoms with E-state index in [-0.39, 0.29) is 17.0 Å². The maximum Gasteiger partial charge on any atom is 0.195 e. The van der Waals surface area contributed by atoms with E-state index in [1.807, 2.05) is 0 Å². The minimum Gasteiger partial charge on any atom is -0.396 e. The molecule has 0 aliphatic heterocycles. The van der Waals surface area contributed by atoms with Crippen molar-refractivity contribution in [1.82, 2.24) is 0 Å². The van der Waals surface area contributed by atoms with Crippen molar-refractivity contribution in [2.75, 3.05) is 5.73 Å². The van der Waals surface area contributed by atoms with Gasteiger partial charge in [-0.1, -0.05) is 23.2 Å². The first-order valence-electron chi connectivity index (χ1n) is 4.53. The molecule has 0 unspecified atom stereocenters. The summed E-state index contributed by atoms with van der Waals surface area (Å²) in [5.41, 5.74) is 5.90.